The molecule has 1 heterocycles. The summed E-state index contributed by atoms with van der Waals surface area (Å²) < 4.78 is 10.6. The van der Waals surface area contributed by atoms with Gasteiger partial charge in [-0.2, -0.15) is 0 Å². The maximum Gasteiger partial charge on any atom is 0.231 e. The standard InChI is InChI=1S/C17H23NO4/c1-18(16(19)10-17(20)7-3-2-4-8-17)11-13-5-6-14-15(9-13)22-12-21-14/h5-6,9,20H,2-4,7-8,10-12H2,1H3. The van der Waals surface area contributed by atoms with Gasteiger partial charge in [-0.25, -0.2) is 0 Å². The second-order valence-corrected chi connectivity index (χ2v) is 6.40. The lowest BCUT2D eigenvalue weighted by Crippen LogP contribution is -2.39. The number of carbonyl (C=O) groups is 1. The zero-order valence-corrected chi connectivity index (χ0v) is 13.0. The largest absolute Gasteiger partial charge is 0.454 e. The lowest BCUT2D eigenvalue weighted by atomic mass is 9.82. The zero-order valence-electron chi connectivity index (χ0n) is 13.0. The SMILES string of the molecule is CN(Cc1ccc2c(c1)OCO2)C(=O)CC1(O)CCCCC1. The van der Waals surface area contributed by atoms with E-state index in [0.29, 0.717) is 6.54 Å². The van der Waals surface area contributed by atoms with Gasteiger partial charge in [0.25, 0.3) is 0 Å². The molecular formula is C17H23NO4. The molecule has 1 N–H and O–H groups in total. The number of carbonyl (C=O) groups excluding carboxylic acids is 1. The highest BCUT2D eigenvalue weighted by atomic mass is 16.7. The first-order chi connectivity index (χ1) is 10.6. The highest BCUT2D eigenvalue weighted by molar-refractivity contribution is 5.77. The minimum Gasteiger partial charge on any atom is -0.454 e. The third-order valence-corrected chi connectivity index (χ3v) is 4.55. The molecule has 2 aliphatic rings. The van der Waals surface area contributed by atoms with Gasteiger partial charge in [-0.1, -0.05) is 25.3 Å². The molecule has 0 saturated heterocycles. The van der Waals surface area contributed by atoms with E-state index < -0.39 is 5.60 Å². The number of aliphatic hydroxyl groups is 1. The van der Waals surface area contributed by atoms with E-state index in [1.165, 1.54) is 0 Å². The Bertz CT molecular complexity index is 552. The molecule has 1 amide bonds. The number of ether oxygens (including phenoxy) is 2. The molecular weight excluding hydrogens is 282 g/mol. The summed E-state index contributed by atoms with van der Waals surface area (Å²) in [5, 5.41) is 10.5. The fourth-order valence-electron chi connectivity index (χ4n) is 3.20. The third kappa shape index (κ3) is 3.35. The van der Waals surface area contributed by atoms with Crippen molar-refractivity contribution in [2.24, 2.45) is 0 Å². The molecule has 1 aliphatic carbocycles. The summed E-state index contributed by atoms with van der Waals surface area (Å²) in [4.78, 5) is 14.0. The molecule has 3 rings (SSSR count). The minimum atomic E-state index is -0.807. The molecule has 1 saturated carbocycles. The summed E-state index contributed by atoms with van der Waals surface area (Å²) >= 11 is 0. The first-order valence-electron chi connectivity index (χ1n) is 7.91. The Balaban J connectivity index is 1.59. The summed E-state index contributed by atoms with van der Waals surface area (Å²) in [6.07, 6.45) is 4.86. The van der Waals surface area contributed by atoms with Gasteiger partial charge in [0.05, 0.1) is 12.0 Å². The van der Waals surface area contributed by atoms with Crippen molar-refractivity contribution in [2.45, 2.75) is 50.7 Å². The zero-order chi connectivity index (χ0) is 15.6. The molecule has 0 spiro atoms. The van der Waals surface area contributed by atoms with Gasteiger partial charge in [0.2, 0.25) is 12.7 Å². The van der Waals surface area contributed by atoms with Crippen molar-refractivity contribution in [1.29, 1.82) is 0 Å². The number of fused-ring (bicyclic) bond motifs is 1. The van der Waals surface area contributed by atoms with E-state index in [4.69, 9.17) is 9.47 Å². The van der Waals surface area contributed by atoms with Crippen LogP contribution < -0.4 is 9.47 Å². The van der Waals surface area contributed by atoms with Crippen LogP contribution in [0.25, 0.3) is 0 Å². The van der Waals surface area contributed by atoms with Crippen molar-refractivity contribution >= 4 is 5.91 Å². The van der Waals surface area contributed by atoms with Gasteiger partial charge in [-0.05, 0) is 30.5 Å². The van der Waals surface area contributed by atoms with Crippen LogP contribution in [0.15, 0.2) is 18.2 Å². The monoisotopic (exact) mass is 305 g/mol. The molecule has 1 fully saturated rings. The van der Waals surface area contributed by atoms with E-state index in [1.54, 1.807) is 11.9 Å². The molecule has 0 radical (unpaired) electrons. The third-order valence-electron chi connectivity index (χ3n) is 4.55. The fourth-order valence-corrected chi connectivity index (χ4v) is 3.20. The van der Waals surface area contributed by atoms with Gasteiger partial charge in [-0.15, -0.1) is 0 Å². The summed E-state index contributed by atoms with van der Waals surface area (Å²) in [5.74, 6) is 1.46. The van der Waals surface area contributed by atoms with E-state index >= 15 is 0 Å². The smallest absolute Gasteiger partial charge is 0.231 e. The molecule has 120 valence electrons. The normalized spacial score (nSPS) is 19.0. The summed E-state index contributed by atoms with van der Waals surface area (Å²) in [5.41, 5.74) is 0.189. The topological polar surface area (TPSA) is 59.0 Å². The molecule has 0 aromatic heterocycles. The van der Waals surface area contributed by atoms with Crippen LogP contribution in [0.1, 0.15) is 44.1 Å². The van der Waals surface area contributed by atoms with E-state index in [-0.39, 0.29) is 19.1 Å². The Labute approximate surface area is 130 Å². The molecule has 5 heteroatoms. The predicted octanol–water partition coefficient (Wildman–Crippen LogP) is 2.46. The Kier molecular flexibility index (Phi) is 4.25. The Morgan fingerprint density at radius 1 is 1.23 bits per heavy atom. The van der Waals surface area contributed by atoms with Crippen molar-refractivity contribution in [3.8, 4) is 11.5 Å². The van der Waals surface area contributed by atoms with Crippen LogP contribution in [0, 0.1) is 0 Å². The van der Waals surface area contributed by atoms with Crippen LogP contribution in [0.4, 0.5) is 0 Å². The number of nitrogens with zero attached hydrogens (tertiary/aromatic N) is 1. The molecule has 1 aliphatic heterocycles. The molecule has 1 aromatic carbocycles. The lowest BCUT2D eigenvalue weighted by Gasteiger charge is -2.32. The highest BCUT2D eigenvalue weighted by Gasteiger charge is 2.32. The average molecular weight is 305 g/mol. The van der Waals surface area contributed by atoms with E-state index in [2.05, 4.69) is 0 Å². The molecule has 0 bridgehead atoms. The van der Waals surface area contributed by atoms with Crippen molar-refractivity contribution in [2.75, 3.05) is 13.8 Å². The highest BCUT2D eigenvalue weighted by Crippen LogP contribution is 2.33. The number of rotatable bonds is 4. The molecule has 0 atom stereocenters. The molecule has 5 nitrogen and oxygen atoms in total. The van der Waals surface area contributed by atoms with Crippen LogP contribution in [0.3, 0.4) is 0 Å². The maximum atomic E-state index is 12.4. The van der Waals surface area contributed by atoms with Crippen molar-refractivity contribution in [1.82, 2.24) is 4.90 Å². The van der Waals surface area contributed by atoms with Gasteiger partial charge in [0.15, 0.2) is 11.5 Å². The number of hydrogen-bond acceptors (Lipinski definition) is 4. The van der Waals surface area contributed by atoms with Crippen LogP contribution in [-0.2, 0) is 11.3 Å². The maximum absolute atomic E-state index is 12.4. The van der Waals surface area contributed by atoms with Crippen molar-refractivity contribution in [3.63, 3.8) is 0 Å². The fraction of sp³-hybridized carbons (Fsp3) is 0.588. The van der Waals surface area contributed by atoms with Gasteiger partial charge < -0.3 is 19.5 Å². The Hall–Kier alpha value is -1.75. The molecule has 1 aromatic rings. The Morgan fingerprint density at radius 2 is 1.95 bits per heavy atom. The predicted molar refractivity (Wildman–Crippen MR) is 81.7 cm³/mol. The first-order valence-corrected chi connectivity index (χ1v) is 7.91. The van der Waals surface area contributed by atoms with Crippen LogP contribution >= 0.6 is 0 Å². The van der Waals surface area contributed by atoms with Gasteiger partial charge in [0, 0.05) is 13.6 Å². The average Bonchev–Trinajstić information content (AvgIpc) is 2.95. The second-order valence-electron chi connectivity index (χ2n) is 6.40. The summed E-state index contributed by atoms with van der Waals surface area (Å²) in [6, 6.07) is 5.71. The number of amides is 1. The van der Waals surface area contributed by atoms with Crippen LogP contribution in [0.2, 0.25) is 0 Å². The van der Waals surface area contributed by atoms with E-state index in [1.807, 2.05) is 18.2 Å². The first kappa shape index (κ1) is 15.2. The van der Waals surface area contributed by atoms with Crippen LogP contribution in [0.5, 0.6) is 11.5 Å². The van der Waals surface area contributed by atoms with Crippen molar-refractivity contribution in [3.05, 3.63) is 23.8 Å². The van der Waals surface area contributed by atoms with Gasteiger partial charge in [-0.3, -0.25) is 4.79 Å². The van der Waals surface area contributed by atoms with Gasteiger partial charge in [0.1, 0.15) is 0 Å². The number of hydrogen-bond donors (Lipinski definition) is 1. The quantitative estimate of drug-likeness (QED) is 0.928. The van der Waals surface area contributed by atoms with E-state index in [9.17, 15) is 9.90 Å². The second kappa shape index (κ2) is 6.16. The molecule has 22 heavy (non-hydrogen) atoms. The lowest BCUT2D eigenvalue weighted by molar-refractivity contribution is -0.137. The number of benzene rings is 1. The van der Waals surface area contributed by atoms with Crippen LogP contribution in [-0.4, -0.2) is 35.4 Å². The van der Waals surface area contributed by atoms with E-state index in [0.717, 1.165) is 49.2 Å². The van der Waals surface area contributed by atoms with Crippen molar-refractivity contribution < 1.29 is 19.4 Å². The van der Waals surface area contributed by atoms with Gasteiger partial charge >= 0.3 is 0 Å². The summed E-state index contributed by atoms with van der Waals surface area (Å²) in [6.45, 7) is 0.756. The minimum absolute atomic E-state index is 0.0120. The molecule has 0 unspecified atom stereocenters. The Morgan fingerprint density at radius 3 is 2.73 bits per heavy atom. The summed E-state index contributed by atoms with van der Waals surface area (Å²) in [7, 11) is 1.78.